The minimum Gasteiger partial charge on any atom is -0.411 e. The van der Waals surface area contributed by atoms with Crippen molar-refractivity contribution >= 4 is 17.6 Å². The lowest BCUT2D eigenvalue weighted by Gasteiger charge is -2.19. The Morgan fingerprint density at radius 3 is 2.43 bits per heavy atom. The Morgan fingerprint density at radius 2 is 2.00 bits per heavy atom. The fraction of sp³-hybridized carbons (Fsp3) is 0.364. The van der Waals surface area contributed by atoms with Gasteiger partial charge in [0.05, 0.1) is 0 Å². The molecule has 1 aromatic carbocycles. The molecule has 1 aromatic rings. The molecule has 2 nitrogen and oxygen atoms in total. The van der Waals surface area contributed by atoms with Gasteiger partial charge in [0.2, 0.25) is 0 Å². The van der Waals surface area contributed by atoms with E-state index in [2.05, 4.69) is 20.8 Å². The number of hydrogen-bond acceptors (Lipinski definition) is 3. The van der Waals surface area contributed by atoms with Gasteiger partial charge in [-0.3, -0.25) is 0 Å². The normalized spacial score (nSPS) is 11.1. The molecule has 3 heteroatoms. The van der Waals surface area contributed by atoms with E-state index in [1.165, 1.54) is 5.56 Å². The maximum atomic E-state index is 5.12. The zero-order valence-corrected chi connectivity index (χ0v) is 9.52. The van der Waals surface area contributed by atoms with Crippen LogP contribution >= 0.6 is 12.2 Å². The van der Waals surface area contributed by atoms with Gasteiger partial charge in [-0.15, -0.1) is 0 Å². The van der Waals surface area contributed by atoms with E-state index in [1.807, 2.05) is 18.2 Å². The first-order chi connectivity index (χ1) is 6.49. The highest BCUT2D eigenvalue weighted by atomic mass is 32.1. The highest BCUT2D eigenvalue weighted by Gasteiger charge is 2.15. The molecule has 0 bridgehead atoms. The first-order valence-corrected chi connectivity index (χ1v) is 4.92. The lowest BCUT2D eigenvalue weighted by molar-refractivity contribution is 0.334. The average molecular weight is 209 g/mol. The van der Waals surface area contributed by atoms with Crippen molar-refractivity contribution in [2.75, 3.05) is 0 Å². The molecule has 0 unspecified atom stereocenters. The Hall–Kier alpha value is -0.930. The van der Waals surface area contributed by atoms with Crippen molar-refractivity contribution in [3.63, 3.8) is 0 Å². The van der Waals surface area contributed by atoms with E-state index in [0.29, 0.717) is 5.75 Å². The molecule has 0 aromatic heterocycles. The number of rotatable bonds is 2. The van der Waals surface area contributed by atoms with E-state index < -0.39 is 0 Å². The molecular weight excluding hydrogens is 194 g/mol. The van der Waals surface area contributed by atoms with Crippen LogP contribution < -0.4 is 10.7 Å². The summed E-state index contributed by atoms with van der Waals surface area (Å²) in [5.74, 6) is 5.74. The third kappa shape index (κ3) is 2.30. The number of hydrogen-bond donors (Lipinski definition) is 1. The molecule has 14 heavy (non-hydrogen) atoms. The maximum Gasteiger partial charge on any atom is 0.154 e. The molecule has 2 N–H and O–H groups in total. The van der Waals surface area contributed by atoms with Crippen molar-refractivity contribution < 1.29 is 4.84 Å². The van der Waals surface area contributed by atoms with Crippen LogP contribution in [0, 0.1) is 0 Å². The predicted octanol–water partition coefficient (Wildman–Crippen LogP) is 2.58. The molecule has 0 saturated heterocycles. The van der Waals surface area contributed by atoms with Crippen molar-refractivity contribution in [2.45, 2.75) is 26.2 Å². The molecule has 76 valence electrons. The summed E-state index contributed by atoms with van der Waals surface area (Å²) in [6.07, 6.45) is 0. The lowest BCUT2D eigenvalue weighted by atomic mass is 9.86. The minimum atomic E-state index is 0.111. The van der Waals surface area contributed by atoms with Crippen molar-refractivity contribution in [1.29, 1.82) is 0 Å². The highest BCUT2D eigenvalue weighted by Crippen LogP contribution is 2.26. The predicted molar refractivity (Wildman–Crippen MR) is 62.7 cm³/mol. The first-order valence-electron chi connectivity index (χ1n) is 4.45. The standard InChI is InChI=1S/C11H15NOS/c1-11(2,3)9-4-5-10(13-12)8(6-9)7-14/h4-7H,12H2,1-3H3. The molecule has 0 aliphatic heterocycles. The highest BCUT2D eigenvalue weighted by molar-refractivity contribution is 7.79. The molecule has 1 rings (SSSR count). The summed E-state index contributed by atoms with van der Waals surface area (Å²) in [6.45, 7) is 6.45. The Labute approximate surface area is 90.0 Å². The molecule has 0 amide bonds. The molecule has 0 fully saturated rings. The monoisotopic (exact) mass is 209 g/mol. The van der Waals surface area contributed by atoms with E-state index in [0.717, 1.165) is 5.56 Å². The van der Waals surface area contributed by atoms with Gasteiger partial charge in [-0.1, -0.05) is 39.1 Å². The second-order valence-corrected chi connectivity index (χ2v) is 4.47. The largest absolute Gasteiger partial charge is 0.411 e. The van der Waals surface area contributed by atoms with Crippen molar-refractivity contribution in [2.24, 2.45) is 5.90 Å². The quantitative estimate of drug-likeness (QED) is 0.600. The third-order valence-electron chi connectivity index (χ3n) is 2.13. The van der Waals surface area contributed by atoms with Crippen LogP contribution in [0.25, 0.3) is 0 Å². The fourth-order valence-corrected chi connectivity index (χ4v) is 1.40. The van der Waals surface area contributed by atoms with Gasteiger partial charge in [0.25, 0.3) is 0 Å². The van der Waals surface area contributed by atoms with Gasteiger partial charge < -0.3 is 4.84 Å². The van der Waals surface area contributed by atoms with Crippen LogP contribution in [-0.2, 0) is 5.41 Å². The average Bonchev–Trinajstić information content (AvgIpc) is 2.15. The van der Waals surface area contributed by atoms with Crippen LogP contribution in [0.5, 0.6) is 5.75 Å². The molecule has 0 saturated carbocycles. The van der Waals surface area contributed by atoms with Crippen LogP contribution in [0.2, 0.25) is 0 Å². The van der Waals surface area contributed by atoms with Crippen LogP contribution in [-0.4, -0.2) is 5.37 Å². The maximum absolute atomic E-state index is 5.12. The number of benzene rings is 1. The van der Waals surface area contributed by atoms with E-state index in [9.17, 15) is 0 Å². The molecule has 0 spiro atoms. The number of nitrogens with two attached hydrogens (primary N) is 1. The van der Waals surface area contributed by atoms with Gasteiger partial charge in [-0.05, 0) is 23.1 Å². The summed E-state index contributed by atoms with van der Waals surface area (Å²) >= 11 is 4.89. The van der Waals surface area contributed by atoms with Gasteiger partial charge in [-0.2, -0.15) is 5.90 Å². The van der Waals surface area contributed by atoms with Crippen LogP contribution in [0.4, 0.5) is 0 Å². The zero-order chi connectivity index (χ0) is 10.8. The Morgan fingerprint density at radius 1 is 1.36 bits per heavy atom. The summed E-state index contributed by atoms with van der Waals surface area (Å²) in [7, 11) is 0. The first kappa shape index (κ1) is 11.1. The molecule has 0 heterocycles. The Balaban J connectivity index is 3.21. The third-order valence-corrected chi connectivity index (χ3v) is 2.38. The van der Waals surface area contributed by atoms with Crippen molar-refractivity contribution in [3.05, 3.63) is 29.3 Å². The number of thiocarbonyl (C=S) groups is 1. The molecule has 0 atom stereocenters. The summed E-state index contributed by atoms with van der Waals surface area (Å²) < 4.78 is 0. The molecular formula is C11H15NOS. The summed E-state index contributed by atoms with van der Waals surface area (Å²) in [5.41, 5.74) is 2.18. The topological polar surface area (TPSA) is 35.2 Å². The van der Waals surface area contributed by atoms with Gasteiger partial charge >= 0.3 is 0 Å². The smallest absolute Gasteiger partial charge is 0.154 e. The summed E-state index contributed by atoms with van der Waals surface area (Å²) in [5, 5.41) is 1.58. The van der Waals surface area contributed by atoms with Crippen LogP contribution in [0.1, 0.15) is 31.9 Å². The Kier molecular flexibility index (Phi) is 3.24. The summed E-state index contributed by atoms with van der Waals surface area (Å²) in [4.78, 5) is 4.71. The molecule has 0 aliphatic rings. The van der Waals surface area contributed by atoms with Crippen molar-refractivity contribution in [1.82, 2.24) is 0 Å². The lowest BCUT2D eigenvalue weighted by Crippen LogP contribution is -2.12. The van der Waals surface area contributed by atoms with Gasteiger partial charge in [-0.25, -0.2) is 0 Å². The van der Waals surface area contributed by atoms with E-state index in [-0.39, 0.29) is 5.41 Å². The van der Waals surface area contributed by atoms with E-state index in [1.54, 1.807) is 5.37 Å². The van der Waals surface area contributed by atoms with Gasteiger partial charge in [0.1, 0.15) is 0 Å². The van der Waals surface area contributed by atoms with Crippen LogP contribution in [0.3, 0.4) is 0 Å². The SMILES string of the molecule is CC(C)(C)c1ccc(ON)c(C=S)c1. The molecule has 0 aliphatic carbocycles. The fourth-order valence-electron chi connectivity index (χ4n) is 1.21. The Bertz CT molecular complexity index is 342. The van der Waals surface area contributed by atoms with Gasteiger partial charge in [0, 0.05) is 10.9 Å². The van der Waals surface area contributed by atoms with E-state index in [4.69, 9.17) is 23.0 Å². The minimum absolute atomic E-state index is 0.111. The summed E-state index contributed by atoms with van der Waals surface area (Å²) in [6, 6.07) is 5.86. The van der Waals surface area contributed by atoms with Gasteiger partial charge in [0.15, 0.2) is 5.75 Å². The second kappa shape index (κ2) is 4.07. The van der Waals surface area contributed by atoms with E-state index >= 15 is 0 Å². The van der Waals surface area contributed by atoms with Crippen molar-refractivity contribution in [3.8, 4) is 5.75 Å². The zero-order valence-electron chi connectivity index (χ0n) is 8.70. The van der Waals surface area contributed by atoms with Crippen LogP contribution in [0.15, 0.2) is 18.2 Å². The second-order valence-electron chi connectivity index (χ2n) is 4.24. The molecule has 0 radical (unpaired) electrons.